The predicted octanol–water partition coefficient (Wildman–Crippen LogP) is 4.95. The van der Waals surface area contributed by atoms with E-state index in [2.05, 4.69) is 41.2 Å². The lowest BCUT2D eigenvalue weighted by molar-refractivity contribution is 0.351. The maximum atomic E-state index is 5.86. The lowest BCUT2D eigenvalue weighted by atomic mass is 10.1. The molecule has 19 heavy (non-hydrogen) atoms. The van der Waals surface area contributed by atoms with Gasteiger partial charge in [0.25, 0.3) is 0 Å². The minimum atomic E-state index is 0.280. The number of ether oxygens (including phenoxy) is 1. The van der Waals surface area contributed by atoms with E-state index in [0.717, 1.165) is 27.9 Å². The summed E-state index contributed by atoms with van der Waals surface area (Å²) in [5.74, 6) is 0.855. The lowest BCUT2D eigenvalue weighted by Gasteiger charge is -2.16. The zero-order valence-corrected chi connectivity index (χ0v) is 14.4. The van der Waals surface area contributed by atoms with Crippen LogP contribution in [0.25, 0.3) is 0 Å². The van der Waals surface area contributed by atoms with Gasteiger partial charge in [-0.15, -0.1) is 0 Å². The number of halogens is 3. The Morgan fingerprint density at radius 3 is 2.74 bits per heavy atom. The van der Waals surface area contributed by atoms with Gasteiger partial charge < -0.3 is 10.1 Å². The van der Waals surface area contributed by atoms with Gasteiger partial charge in [-0.3, -0.25) is 0 Å². The predicted molar refractivity (Wildman–Crippen MR) is 86.1 cm³/mol. The Morgan fingerprint density at radius 2 is 2.16 bits per heavy atom. The fourth-order valence-electron chi connectivity index (χ4n) is 1.62. The molecule has 0 radical (unpaired) electrons. The first-order chi connectivity index (χ1) is 8.93. The maximum Gasteiger partial charge on any atom is 0.127 e. The Hall–Kier alpha value is -0.220. The van der Waals surface area contributed by atoms with Crippen molar-refractivity contribution in [2.24, 2.45) is 0 Å². The molecule has 2 nitrogen and oxygen atoms in total. The van der Waals surface area contributed by atoms with Crippen molar-refractivity contribution < 1.29 is 4.74 Å². The van der Waals surface area contributed by atoms with E-state index < -0.39 is 0 Å². The van der Waals surface area contributed by atoms with Crippen molar-refractivity contribution in [3.8, 4) is 5.75 Å². The molecule has 0 heterocycles. The van der Waals surface area contributed by atoms with Crippen molar-refractivity contribution in [1.29, 1.82) is 0 Å². The van der Waals surface area contributed by atoms with E-state index in [1.165, 1.54) is 5.54 Å². The quantitative estimate of drug-likeness (QED) is 0.768. The van der Waals surface area contributed by atoms with Gasteiger partial charge >= 0.3 is 0 Å². The van der Waals surface area contributed by atoms with Crippen molar-refractivity contribution in [3.63, 3.8) is 0 Å². The zero-order chi connectivity index (χ0) is 14.4. The summed E-state index contributed by atoms with van der Waals surface area (Å²) in [7, 11) is 0. The second-order valence-electron chi connectivity index (χ2n) is 4.59. The number of rotatable bonds is 6. The molecule has 0 fully saturated rings. The number of aryl methyl sites for hydroxylation is 1. The van der Waals surface area contributed by atoms with Crippen LogP contribution < -0.4 is 10.1 Å². The molecule has 5 heteroatoms. The molecule has 1 aromatic carbocycles. The largest absolute Gasteiger partial charge is 0.487 e. The van der Waals surface area contributed by atoms with Gasteiger partial charge in [-0.25, -0.2) is 0 Å². The zero-order valence-electron chi connectivity index (χ0n) is 11.3. The molecule has 0 aliphatic rings. The van der Waals surface area contributed by atoms with Crippen molar-refractivity contribution >= 4 is 39.1 Å². The van der Waals surface area contributed by atoms with Crippen molar-refractivity contribution in [2.75, 3.05) is 6.61 Å². The third-order valence-corrected chi connectivity index (χ3v) is 3.54. The van der Waals surface area contributed by atoms with E-state index in [9.17, 15) is 0 Å². The van der Waals surface area contributed by atoms with Gasteiger partial charge in [0, 0.05) is 28.2 Å². The standard InChI is InChI=1S/C14H18BrCl2NO/c1-9(2)18-7-11-5-12(15)4-10(3)14(11)19-8-13(17)6-16/h4-6,9,18H,7-8H2,1-3H3/b13-6-. The second kappa shape index (κ2) is 8.15. The van der Waals surface area contributed by atoms with Gasteiger partial charge in [-0.2, -0.15) is 0 Å². The van der Waals surface area contributed by atoms with E-state index in [-0.39, 0.29) is 6.61 Å². The molecule has 0 saturated heterocycles. The van der Waals surface area contributed by atoms with E-state index in [1.54, 1.807) is 0 Å². The van der Waals surface area contributed by atoms with Gasteiger partial charge in [-0.1, -0.05) is 53.0 Å². The molecule has 0 bridgehead atoms. The smallest absolute Gasteiger partial charge is 0.127 e. The van der Waals surface area contributed by atoms with E-state index in [0.29, 0.717) is 11.1 Å². The van der Waals surface area contributed by atoms with Crippen molar-refractivity contribution in [1.82, 2.24) is 5.32 Å². The van der Waals surface area contributed by atoms with Gasteiger partial charge in [0.1, 0.15) is 12.4 Å². The molecule has 0 aromatic heterocycles. The maximum absolute atomic E-state index is 5.86. The lowest BCUT2D eigenvalue weighted by Crippen LogP contribution is -2.22. The summed E-state index contributed by atoms with van der Waals surface area (Å²) < 4.78 is 6.80. The number of nitrogens with one attached hydrogen (secondary N) is 1. The molecule has 1 rings (SSSR count). The second-order valence-corrected chi connectivity index (χ2v) is 6.21. The first-order valence-electron chi connectivity index (χ1n) is 6.04. The van der Waals surface area contributed by atoms with E-state index >= 15 is 0 Å². The summed E-state index contributed by atoms with van der Waals surface area (Å²) in [6.07, 6.45) is 0. The van der Waals surface area contributed by atoms with Crippen LogP contribution in [0.4, 0.5) is 0 Å². The Labute approximate surface area is 133 Å². The van der Waals surface area contributed by atoms with E-state index in [4.69, 9.17) is 27.9 Å². The fraction of sp³-hybridized carbons (Fsp3) is 0.429. The van der Waals surface area contributed by atoms with Crippen LogP contribution in [0.15, 0.2) is 27.2 Å². The highest BCUT2D eigenvalue weighted by Crippen LogP contribution is 2.28. The van der Waals surface area contributed by atoms with Gasteiger partial charge in [0.15, 0.2) is 0 Å². The Morgan fingerprint density at radius 1 is 1.47 bits per heavy atom. The summed E-state index contributed by atoms with van der Waals surface area (Å²) in [5, 5.41) is 3.86. The Balaban J connectivity index is 2.92. The number of hydrogen-bond acceptors (Lipinski definition) is 2. The van der Waals surface area contributed by atoms with Gasteiger partial charge in [0.05, 0.1) is 5.03 Å². The highest BCUT2D eigenvalue weighted by atomic mass is 79.9. The third-order valence-electron chi connectivity index (χ3n) is 2.49. The fourth-order valence-corrected chi connectivity index (χ4v) is 2.36. The van der Waals surface area contributed by atoms with E-state index in [1.807, 2.05) is 13.0 Å². The minimum absolute atomic E-state index is 0.280. The Bertz CT molecular complexity index is 461. The van der Waals surface area contributed by atoms with Crippen LogP contribution in [0, 0.1) is 6.92 Å². The molecule has 0 aliphatic heterocycles. The summed E-state index contributed by atoms with van der Waals surface area (Å²) in [6, 6.07) is 4.49. The van der Waals surface area contributed by atoms with Crippen LogP contribution in [-0.4, -0.2) is 12.6 Å². The molecule has 0 unspecified atom stereocenters. The molecule has 0 saturated carbocycles. The molecule has 0 atom stereocenters. The third kappa shape index (κ3) is 5.74. The summed E-state index contributed by atoms with van der Waals surface area (Å²) in [4.78, 5) is 0. The molecule has 0 aliphatic carbocycles. The summed E-state index contributed by atoms with van der Waals surface area (Å²) in [6.45, 7) is 7.26. The molecular weight excluding hydrogens is 349 g/mol. The highest BCUT2D eigenvalue weighted by Gasteiger charge is 2.10. The monoisotopic (exact) mass is 365 g/mol. The summed E-state index contributed by atoms with van der Waals surface area (Å²) in [5.41, 5.74) is 3.48. The van der Waals surface area contributed by atoms with Crippen LogP contribution in [0.3, 0.4) is 0 Å². The minimum Gasteiger partial charge on any atom is -0.487 e. The van der Waals surface area contributed by atoms with Crippen molar-refractivity contribution in [3.05, 3.63) is 38.3 Å². The summed E-state index contributed by atoms with van der Waals surface area (Å²) >= 11 is 14.9. The van der Waals surface area contributed by atoms with Crippen LogP contribution in [0.1, 0.15) is 25.0 Å². The normalized spacial score (nSPS) is 12.1. The number of benzene rings is 1. The first-order valence-corrected chi connectivity index (χ1v) is 7.64. The van der Waals surface area contributed by atoms with Gasteiger partial charge in [0.2, 0.25) is 0 Å². The SMILES string of the molecule is Cc1cc(Br)cc(CNC(C)C)c1OC/C(Cl)=C/Cl. The molecule has 0 spiro atoms. The molecular formula is C14H18BrCl2NO. The van der Waals surface area contributed by atoms with Crippen molar-refractivity contribution in [2.45, 2.75) is 33.4 Å². The average molecular weight is 367 g/mol. The van der Waals surface area contributed by atoms with Crippen LogP contribution in [0.5, 0.6) is 5.75 Å². The van der Waals surface area contributed by atoms with Crippen LogP contribution in [0.2, 0.25) is 0 Å². The molecule has 1 N–H and O–H groups in total. The first kappa shape index (κ1) is 16.8. The van der Waals surface area contributed by atoms with Crippen LogP contribution >= 0.6 is 39.1 Å². The molecule has 1 aromatic rings. The van der Waals surface area contributed by atoms with Crippen LogP contribution in [-0.2, 0) is 6.54 Å². The molecule has 106 valence electrons. The number of hydrogen-bond donors (Lipinski definition) is 1. The van der Waals surface area contributed by atoms with Gasteiger partial charge in [-0.05, 0) is 24.6 Å². The topological polar surface area (TPSA) is 21.3 Å². The molecule has 0 amide bonds. The average Bonchev–Trinajstić information content (AvgIpc) is 2.34. The Kier molecular flexibility index (Phi) is 7.22. The highest BCUT2D eigenvalue weighted by molar-refractivity contribution is 9.10.